The molecule has 136 valence electrons. The molecule has 2 atom stereocenters. The van der Waals surface area contributed by atoms with E-state index >= 15 is 0 Å². The number of carbonyl (C=O) groups is 2. The number of carbonyl (C=O) groups excluding carboxylic acids is 2. The molecule has 5 heteroatoms. The molecule has 0 heterocycles. The van der Waals surface area contributed by atoms with E-state index < -0.39 is 0 Å². The minimum absolute atomic E-state index is 0.111. The van der Waals surface area contributed by atoms with E-state index in [1.165, 1.54) is 0 Å². The molecule has 2 aliphatic carbocycles. The van der Waals surface area contributed by atoms with E-state index in [1.807, 2.05) is 12.1 Å². The van der Waals surface area contributed by atoms with E-state index in [4.69, 9.17) is 0 Å². The first-order valence-corrected chi connectivity index (χ1v) is 9.46. The summed E-state index contributed by atoms with van der Waals surface area (Å²) in [5.74, 6) is 0.389. The Kier molecular flexibility index (Phi) is 6.08. The Hall–Kier alpha value is -1.88. The smallest absolute Gasteiger partial charge is 0.251 e. The van der Waals surface area contributed by atoms with Gasteiger partial charge < -0.3 is 15.7 Å². The maximum Gasteiger partial charge on any atom is 0.251 e. The quantitative estimate of drug-likeness (QED) is 0.741. The highest BCUT2D eigenvalue weighted by molar-refractivity contribution is 5.94. The Morgan fingerprint density at radius 1 is 0.960 bits per heavy atom. The topological polar surface area (TPSA) is 78.4 Å². The molecule has 2 fully saturated rings. The fourth-order valence-electron chi connectivity index (χ4n) is 3.88. The van der Waals surface area contributed by atoms with E-state index in [1.54, 1.807) is 12.1 Å². The van der Waals surface area contributed by atoms with Crippen LogP contribution in [0.4, 0.5) is 0 Å². The van der Waals surface area contributed by atoms with Gasteiger partial charge in [0.1, 0.15) is 0 Å². The molecule has 2 unspecified atom stereocenters. The van der Waals surface area contributed by atoms with Gasteiger partial charge in [0, 0.05) is 30.5 Å². The summed E-state index contributed by atoms with van der Waals surface area (Å²) in [6.45, 7) is 1.03. The predicted molar refractivity (Wildman–Crippen MR) is 95.9 cm³/mol. The Morgan fingerprint density at radius 2 is 1.68 bits per heavy atom. The second-order valence-corrected chi connectivity index (χ2v) is 7.36. The van der Waals surface area contributed by atoms with Crippen molar-refractivity contribution in [2.45, 2.75) is 57.6 Å². The zero-order valence-corrected chi connectivity index (χ0v) is 14.7. The summed E-state index contributed by atoms with van der Waals surface area (Å²) in [6, 6.07) is 7.34. The normalized spacial score (nSPS) is 23.6. The van der Waals surface area contributed by atoms with Crippen molar-refractivity contribution in [2.75, 3.05) is 6.54 Å². The summed E-state index contributed by atoms with van der Waals surface area (Å²) in [4.78, 5) is 24.2. The van der Waals surface area contributed by atoms with Gasteiger partial charge in [0.15, 0.2) is 0 Å². The van der Waals surface area contributed by atoms with Crippen LogP contribution in [0.3, 0.4) is 0 Å². The molecule has 0 aromatic heterocycles. The molecule has 2 aliphatic rings. The highest BCUT2D eigenvalue weighted by Gasteiger charge is 2.25. The molecule has 0 spiro atoms. The largest absolute Gasteiger partial charge is 0.393 e. The van der Waals surface area contributed by atoms with Gasteiger partial charge in [0.05, 0.1) is 6.10 Å². The summed E-state index contributed by atoms with van der Waals surface area (Å²) in [5, 5.41) is 15.7. The number of benzene rings is 1. The molecule has 0 aliphatic heterocycles. The van der Waals surface area contributed by atoms with E-state index in [9.17, 15) is 14.7 Å². The van der Waals surface area contributed by atoms with Crippen LogP contribution in [-0.2, 0) is 11.3 Å². The third-order valence-electron chi connectivity index (χ3n) is 5.55. The van der Waals surface area contributed by atoms with Crippen molar-refractivity contribution < 1.29 is 14.7 Å². The summed E-state index contributed by atoms with van der Waals surface area (Å²) in [6.07, 6.45) is 6.86. The average Bonchev–Trinajstić information content (AvgIpc) is 3.30. The molecular weight excluding hydrogens is 316 g/mol. The van der Waals surface area contributed by atoms with Gasteiger partial charge in [-0.25, -0.2) is 0 Å². The Balaban J connectivity index is 1.44. The highest BCUT2D eigenvalue weighted by Crippen LogP contribution is 2.25. The average molecular weight is 344 g/mol. The van der Waals surface area contributed by atoms with E-state index in [-0.39, 0.29) is 29.8 Å². The van der Waals surface area contributed by atoms with Gasteiger partial charge in [-0.3, -0.25) is 9.59 Å². The third-order valence-corrected chi connectivity index (χ3v) is 5.55. The summed E-state index contributed by atoms with van der Waals surface area (Å²) >= 11 is 0. The number of hydrogen-bond acceptors (Lipinski definition) is 3. The molecule has 0 radical (unpaired) electrons. The van der Waals surface area contributed by atoms with Crippen LogP contribution in [0.1, 0.15) is 60.9 Å². The molecular formula is C20H28N2O3. The van der Waals surface area contributed by atoms with Crippen molar-refractivity contribution >= 4 is 11.8 Å². The van der Waals surface area contributed by atoms with Crippen LogP contribution < -0.4 is 10.6 Å². The summed E-state index contributed by atoms with van der Waals surface area (Å²) < 4.78 is 0. The SMILES string of the molecule is O=C(NCC1CCCC1O)c1ccc(CNC(=O)C2CCCC2)cc1. The van der Waals surface area contributed by atoms with Crippen molar-refractivity contribution in [3.05, 3.63) is 35.4 Å². The van der Waals surface area contributed by atoms with Crippen molar-refractivity contribution in [3.63, 3.8) is 0 Å². The Morgan fingerprint density at radius 3 is 2.32 bits per heavy atom. The third kappa shape index (κ3) is 4.82. The lowest BCUT2D eigenvalue weighted by molar-refractivity contribution is -0.124. The molecule has 2 amide bonds. The first-order valence-electron chi connectivity index (χ1n) is 9.46. The van der Waals surface area contributed by atoms with Crippen LogP contribution >= 0.6 is 0 Å². The van der Waals surface area contributed by atoms with Crippen molar-refractivity contribution in [3.8, 4) is 0 Å². The van der Waals surface area contributed by atoms with Crippen LogP contribution in [0, 0.1) is 11.8 Å². The fraction of sp³-hybridized carbons (Fsp3) is 0.600. The minimum atomic E-state index is -0.286. The summed E-state index contributed by atoms with van der Waals surface area (Å²) in [7, 11) is 0. The minimum Gasteiger partial charge on any atom is -0.393 e. The van der Waals surface area contributed by atoms with Gasteiger partial charge in [0.25, 0.3) is 5.91 Å². The monoisotopic (exact) mass is 344 g/mol. The fourth-order valence-corrected chi connectivity index (χ4v) is 3.88. The second-order valence-electron chi connectivity index (χ2n) is 7.36. The molecule has 0 saturated heterocycles. The van der Waals surface area contributed by atoms with Crippen LogP contribution in [0.25, 0.3) is 0 Å². The standard InChI is InChI=1S/C20H28N2O3/c23-18-7-3-6-17(18)13-22-20(25)16-10-8-14(9-11-16)12-21-19(24)15-4-1-2-5-15/h8-11,15,17-18,23H,1-7,12-13H2,(H,21,24)(H,22,25). The zero-order valence-electron chi connectivity index (χ0n) is 14.7. The van der Waals surface area contributed by atoms with Gasteiger partial charge in [-0.1, -0.05) is 31.4 Å². The lowest BCUT2D eigenvalue weighted by atomic mass is 10.1. The van der Waals surface area contributed by atoms with Crippen molar-refractivity contribution in [1.82, 2.24) is 10.6 Å². The maximum atomic E-state index is 12.2. The van der Waals surface area contributed by atoms with Gasteiger partial charge in [-0.2, -0.15) is 0 Å². The molecule has 2 saturated carbocycles. The molecule has 3 N–H and O–H groups in total. The number of hydrogen-bond donors (Lipinski definition) is 3. The van der Waals surface area contributed by atoms with Crippen molar-refractivity contribution in [1.29, 1.82) is 0 Å². The number of nitrogens with one attached hydrogen (secondary N) is 2. The van der Waals surface area contributed by atoms with Crippen LogP contribution in [0.5, 0.6) is 0 Å². The first-order chi connectivity index (χ1) is 12.1. The van der Waals surface area contributed by atoms with Crippen LogP contribution in [0.15, 0.2) is 24.3 Å². The van der Waals surface area contributed by atoms with Crippen LogP contribution in [-0.4, -0.2) is 29.6 Å². The molecule has 25 heavy (non-hydrogen) atoms. The van der Waals surface area contributed by atoms with E-state index in [2.05, 4.69) is 10.6 Å². The molecule has 0 bridgehead atoms. The predicted octanol–water partition coefficient (Wildman–Crippen LogP) is 2.38. The zero-order chi connectivity index (χ0) is 17.6. The Labute approximate surface area is 149 Å². The number of rotatable bonds is 6. The van der Waals surface area contributed by atoms with E-state index in [0.29, 0.717) is 18.7 Å². The molecule has 1 aromatic carbocycles. The highest BCUT2D eigenvalue weighted by atomic mass is 16.3. The maximum absolute atomic E-state index is 12.2. The lowest BCUT2D eigenvalue weighted by Gasteiger charge is -2.15. The van der Waals surface area contributed by atoms with Gasteiger partial charge in [-0.15, -0.1) is 0 Å². The number of aliphatic hydroxyl groups is 1. The number of amides is 2. The molecule has 5 nitrogen and oxygen atoms in total. The molecule has 3 rings (SSSR count). The van der Waals surface area contributed by atoms with Gasteiger partial charge >= 0.3 is 0 Å². The molecule has 1 aromatic rings. The first kappa shape index (κ1) is 17.9. The number of aliphatic hydroxyl groups excluding tert-OH is 1. The summed E-state index contributed by atoms with van der Waals surface area (Å²) in [5.41, 5.74) is 1.60. The van der Waals surface area contributed by atoms with Crippen LogP contribution in [0.2, 0.25) is 0 Å². The Bertz CT molecular complexity index is 593. The van der Waals surface area contributed by atoms with Gasteiger partial charge in [0.2, 0.25) is 5.91 Å². The van der Waals surface area contributed by atoms with E-state index in [0.717, 1.165) is 50.5 Å². The van der Waals surface area contributed by atoms with Gasteiger partial charge in [-0.05, 0) is 43.4 Å². The lowest BCUT2D eigenvalue weighted by Crippen LogP contribution is -2.32. The van der Waals surface area contributed by atoms with Crippen molar-refractivity contribution in [2.24, 2.45) is 11.8 Å². The second kappa shape index (κ2) is 8.48.